The number of fused-ring (bicyclic) bond motifs is 1. The standard InChI is InChI=1S/C19H22N4O2/c1-25-14-6-7-17-15(10-14)16(11-21-17)18-8-9-20-19(23-18)22-12-2-4-13(24)5-3-12/h6-13,21,24H,2-5H2,1H3,(H,20,22,23). The SMILES string of the molecule is COc1ccc2[nH]cc(-c3ccnc(NC4CCC(O)CC4)n3)c2c1. The Kier molecular flexibility index (Phi) is 4.28. The first-order valence-corrected chi connectivity index (χ1v) is 8.66. The van der Waals surface area contributed by atoms with Gasteiger partial charge in [0.05, 0.1) is 18.9 Å². The molecule has 0 spiro atoms. The number of aromatic amines is 1. The monoisotopic (exact) mass is 338 g/mol. The van der Waals surface area contributed by atoms with Crippen LogP contribution in [0, 0.1) is 0 Å². The third kappa shape index (κ3) is 3.30. The van der Waals surface area contributed by atoms with E-state index < -0.39 is 0 Å². The molecule has 3 aromatic rings. The maximum Gasteiger partial charge on any atom is 0.223 e. The number of hydrogen-bond donors (Lipinski definition) is 3. The Morgan fingerprint density at radius 1 is 1.20 bits per heavy atom. The summed E-state index contributed by atoms with van der Waals surface area (Å²) in [5.74, 6) is 1.46. The molecule has 1 aliphatic carbocycles. The van der Waals surface area contributed by atoms with Crippen molar-refractivity contribution in [1.82, 2.24) is 15.0 Å². The van der Waals surface area contributed by atoms with Crippen LogP contribution >= 0.6 is 0 Å². The molecule has 0 bridgehead atoms. The fourth-order valence-electron chi connectivity index (χ4n) is 3.42. The summed E-state index contributed by atoms with van der Waals surface area (Å²) in [7, 11) is 1.67. The molecule has 0 atom stereocenters. The van der Waals surface area contributed by atoms with Gasteiger partial charge in [-0.25, -0.2) is 9.97 Å². The van der Waals surface area contributed by atoms with Gasteiger partial charge in [-0.1, -0.05) is 0 Å². The van der Waals surface area contributed by atoms with E-state index >= 15 is 0 Å². The number of ether oxygens (including phenoxy) is 1. The maximum atomic E-state index is 9.63. The van der Waals surface area contributed by atoms with Crippen molar-refractivity contribution in [1.29, 1.82) is 0 Å². The van der Waals surface area contributed by atoms with E-state index in [-0.39, 0.29) is 6.10 Å². The zero-order chi connectivity index (χ0) is 17.2. The van der Waals surface area contributed by atoms with Gasteiger partial charge < -0.3 is 20.1 Å². The van der Waals surface area contributed by atoms with Gasteiger partial charge in [-0.2, -0.15) is 0 Å². The Bertz CT molecular complexity index is 869. The summed E-state index contributed by atoms with van der Waals surface area (Å²) in [6.45, 7) is 0. The van der Waals surface area contributed by atoms with Gasteiger partial charge in [0.2, 0.25) is 5.95 Å². The highest BCUT2D eigenvalue weighted by molar-refractivity contribution is 5.95. The van der Waals surface area contributed by atoms with Gasteiger partial charge in [0, 0.05) is 34.9 Å². The van der Waals surface area contributed by atoms with E-state index in [4.69, 9.17) is 4.74 Å². The number of aromatic nitrogens is 3. The summed E-state index contributed by atoms with van der Waals surface area (Å²) in [6, 6.07) is 8.19. The maximum absolute atomic E-state index is 9.63. The van der Waals surface area contributed by atoms with Gasteiger partial charge in [-0.05, 0) is 49.9 Å². The second kappa shape index (κ2) is 6.72. The van der Waals surface area contributed by atoms with Crippen molar-refractivity contribution < 1.29 is 9.84 Å². The van der Waals surface area contributed by atoms with E-state index in [1.165, 1.54) is 0 Å². The van der Waals surface area contributed by atoms with Crippen LogP contribution in [0.5, 0.6) is 5.75 Å². The van der Waals surface area contributed by atoms with Crippen LogP contribution in [-0.4, -0.2) is 39.3 Å². The van der Waals surface area contributed by atoms with E-state index in [9.17, 15) is 5.11 Å². The van der Waals surface area contributed by atoms with Crippen molar-refractivity contribution in [2.45, 2.75) is 37.8 Å². The Balaban J connectivity index is 1.61. The minimum Gasteiger partial charge on any atom is -0.497 e. The summed E-state index contributed by atoms with van der Waals surface area (Å²) in [6.07, 6.45) is 7.14. The molecule has 6 heteroatoms. The van der Waals surface area contributed by atoms with Crippen LogP contribution in [0.1, 0.15) is 25.7 Å². The predicted molar refractivity (Wildman–Crippen MR) is 97.8 cm³/mol. The molecule has 4 rings (SSSR count). The van der Waals surface area contributed by atoms with Crippen LogP contribution in [0.15, 0.2) is 36.7 Å². The zero-order valence-corrected chi connectivity index (χ0v) is 14.2. The van der Waals surface area contributed by atoms with Gasteiger partial charge >= 0.3 is 0 Å². The van der Waals surface area contributed by atoms with Gasteiger partial charge in [0.25, 0.3) is 0 Å². The van der Waals surface area contributed by atoms with E-state index in [2.05, 4.69) is 20.3 Å². The molecule has 0 radical (unpaired) electrons. The smallest absolute Gasteiger partial charge is 0.223 e. The second-order valence-electron chi connectivity index (χ2n) is 6.53. The van der Waals surface area contributed by atoms with Crippen LogP contribution in [0.2, 0.25) is 0 Å². The number of benzene rings is 1. The molecule has 2 aromatic heterocycles. The van der Waals surface area contributed by atoms with Crippen LogP contribution < -0.4 is 10.1 Å². The van der Waals surface area contributed by atoms with E-state index in [0.29, 0.717) is 12.0 Å². The van der Waals surface area contributed by atoms with Gasteiger partial charge in [-0.3, -0.25) is 0 Å². The van der Waals surface area contributed by atoms with Crippen LogP contribution in [0.4, 0.5) is 5.95 Å². The summed E-state index contributed by atoms with van der Waals surface area (Å²) in [5, 5.41) is 14.1. The summed E-state index contributed by atoms with van der Waals surface area (Å²) in [5.41, 5.74) is 2.94. The molecular formula is C19H22N4O2. The molecular weight excluding hydrogens is 316 g/mol. The second-order valence-corrected chi connectivity index (χ2v) is 6.53. The molecule has 0 unspecified atom stereocenters. The zero-order valence-electron chi connectivity index (χ0n) is 14.2. The Morgan fingerprint density at radius 3 is 2.84 bits per heavy atom. The predicted octanol–water partition coefficient (Wildman–Crippen LogP) is 3.35. The minimum atomic E-state index is -0.161. The number of aliphatic hydroxyl groups excluding tert-OH is 1. The minimum absolute atomic E-state index is 0.161. The average Bonchev–Trinajstić information content (AvgIpc) is 3.07. The number of H-pyrrole nitrogens is 1. The lowest BCUT2D eigenvalue weighted by atomic mass is 9.93. The lowest BCUT2D eigenvalue weighted by Gasteiger charge is -2.26. The number of aliphatic hydroxyl groups is 1. The molecule has 0 aliphatic heterocycles. The molecule has 1 aliphatic rings. The van der Waals surface area contributed by atoms with E-state index in [1.807, 2.05) is 30.5 Å². The number of anilines is 1. The third-order valence-corrected chi connectivity index (χ3v) is 4.85. The molecule has 6 nitrogen and oxygen atoms in total. The van der Waals surface area contributed by atoms with Crippen molar-refractivity contribution in [2.24, 2.45) is 0 Å². The lowest BCUT2D eigenvalue weighted by Crippen LogP contribution is -2.28. The number of hydrogen-bond acceptors (Lipinski definition) is 5. The molecule has 1 aromatic carbocycles. The first-order chi connectivity index (χ1) is 12.2. The third-order valence-electron chi connectivity index (χ3n) is 4.85. The van der Waals surface area contributed by atoms with Gasteiger partial charge in [0.15, 0.2) is 0 Å². The number of rotatable bonds is 4. The number of methoxy groups -OCH3 is 1. The molecule has 0 saturated heterocycles. The largest absolute Gasteiger partial charge is 0.497 e. The Hall–Kier alpha value is -2.60. The fourth-order valence-corrected chi connectivity index (χ4v) is 3.42. The van der Waals surface area contributed by atoms with Crippen molar-refractivity contribution >= 4 is 16.9 Å². The quantitative estimate of drug-likeness (QED) is 0.679. The van der Waals surface area contributed by atoms with Crippen molar-refractivity contribution in [3.8, 4) is 17.0 Å². The van der Waals surface area contributed by atoms with Crippen LogP contribution in [0.3, 0.4) is 0 Å². The topological polar surface area (TPSA) is 83.1 Å². The summed E-state index contributed by atoms with van der Waals surface area (Å²) < 4.78 is 5.34. The molecule has 2 heterocycles. The molecule has 130 valence electrons. The summed E-state index contributed by atoms with van der Waals surface area (Å²) in [4.78, 5) is 12.3. The summed E-state index contributed by atoms with van der Waals surface area (Å²) >= 11 is 0. The van der Waals surface area contributed by atoms with Crippen LogP contribution in [0.25, 0.3) is 22.2 Å². The fraction of sp³-hybridized carbons (Fsp3) is 0.368. The van der Waals surface area contributed by atoms with Gasteiger partial charge in [-0.15, -0.1) is 0 Å². The average molecular weight is 338 g/mol. The lowest BCUT2D eigenvalue weighted by molar-refractivity contribution is 0.126. The normalized spacial score (nSPS) is 20.6. The highest BCUT2D eigenvalue weighted by atomic mass is 16.5. The Morgan fingerprint density at radius 2 is 2.04 bits per heavy atom. The molecule has 1 saturated carbocycles. The molecule has 3 N–H and O–H groups in total. The van der Waals surface area contributed by atoms with Crippen molar-refractivity contribution in [2.75, 3.05) is 12.4 Å². The molecule has 0 amide bonds. The molecule has 25 heavy (non-hydrogen) atoms. The molecule has 1 fully saturated rings. The van der Waals surface area contributed by atoms with Crippen molar-refractivity contribution in [3.63, 3.8) is 0 Å². The Labute approximate surface area is 146 Å². The van der Waals surface area contributed by atoms with Gasteiger partial charge in [0.1, 0.15) is 5.75 Å². The number of nitrogens with zero attached hydrogens (tertiary/aromatic N) is 2. The van der Waals surface area contributed by atoms with Crippen LogP contribution in [-0.2, 0) is 0 Å². The van der Waals surface area contributed by atoms with Crippen molar-refractivity contribution in [3.05, 3.63) is 36.7 Å². The first-order valence-electron chi connectivity index (χ1n) is 8.66. The highest BCUT2D eigenvalue weighted by Gasteiger charge is 2.20. The highest BCUT2D eigenvalue weighted by Crippen LogP contribution is 2.30. The van der Waals surface area contributed by atoms with E-state index in [1.54, 1.807) is 13.3 Å². The number of nitrogens with one attached hydrogen (secondary N) is 2. The van der Waals surface area contributed by atoms with E-state index in [0.717, 1.165) is 53.6 Å². The first kappa shape index (κ1) is 15.9.